The Kier molecular flexibility index (Phi) is 7.92. The molecule has 3 aromatic carbocycles. The van der Waals surface area contributed by atoms with Crippen LogP contribution in [0.4, 0.5) is 0 Å². The largest absolute Gasteiger partial charge is 0.497 e. The van der Waals surface area contributed by atoms with Gasteiger partial charge in [0.1, 0.15) is 17.5 Å². The molecule has 2 atom stereocenters. The van der Waals surface area contributed by atoms with Gasteiger partial charge in [-0.2, -0.15) is 0 Å². The van der Waals surface area contributed by atoms with Gasteiger partial charge in [0.2, 0.25) is 0 Å². The van der Waals surface area contributed by atoms with Crippen molar-refractivity contribution < 1.29 is 14.8 Å². The van der Waals surface area contributed by atoms with E-state index >= 15 is 0 Å². The quantitative estimate of drug-likeness (QED) is 0.496. The Balaban J connectivity index is 1.67. The molecule has 2 N–H and O–H groups in total. The third-order valence-corrected chi connectivity index (χ3v) is 5.47. The molecule has 0 saturated heterocycles. The van der Waals surface area contributed by atoms with Crippen LogP contribution in [0.15, 0.2) is 78.9 Å². The fourth-order valence-electron chi connectivity index (χ4n) is 3.82. The number of quaternary nitrogens is 1. The van der Waals surface area contributed by atoms with Gasteiger partial charge in [-0.05, 0) is 68.3 Å². The molecule has 0 aromatic heterocycles. The Morgan fingerprint density at radius 2 is 1.27 bits per heavy atom. The summed E-state index contributed by atoms with van der Waals surface area (Å²) in [5.74, 6) is 2.21. The molecular formula is C27H34NO2+. The van der Waals surface area contributed by atoms with Gasteiger partial charge in [-0.3, -0.25) is 0 Å². The molecule has 0 heterocycles. The number of hydrogen-bond acceptors (Lipinski definition) is 2. The maximum absolute atomic E-state index is 5.82. The lowest BCUT2D eigenvalue weighted by Gasteiger charge is -2.20. The summed E-state index contributed by atoms with van der Waals surface area (Å²) < 4.78 is 11.1. The molecule has 30 heavy (non-hydrogen) atoms. The zero-order chi connectivity index (χ0) is 21.3. The summed E-state index contributed by atoms with van der Waals surface area (Å²) >= 11 is 0. The van der Waals surface area contributed by atoms with Gasteiger partial charge in [0.05, 0.1) is 19.8 Å². The molecule has 3 nitrogen and oxygen atoms in total. The number of methoxy groups -OCH3 is 1. The molecule has 0 radical (unpaired) electrons. The van der Waals surface area contributed by atoms with Crippen LogP contribution in [-0.2, 0) is 0 Å². The number of nitrogens with two attached hydrogens (primary N) is 1. The highest BCUT2D eigenvalue weighted by atomic mass is 16.5. The lowest BCUT2D eigenvalue weighted by atomic mass is 9.88. The predicted octanol–water partition coefficient (Wildman–Crippen LogP) is 5.33. The molecule has 0 aliphatic heterocycles. The lowest BCUT2D eigenvalue weighted by molar-refractivity contribution is -0.693. The van der Waals surface area contributed by atoms with E-state index in [2.05, 4.69) is 92.8 Å². The Labute approximate surface area is 181 Å². The van der Waals surface area contributed by atoms with Gasteiger partial charge in [0.25, 0.3) is 0 Å². The van der Waals surface area contributed by atoms with E-state index in [1.165, 1.54) is 16.7 Å². The highest BCUT2D eigenvalue weighted by Crippen LogP contribution is 2.29. The van der Waals surface area contributed by atoms with E-state index < -0.39 is 0 Å². The van der Waals surface area contributed by atoms with Crippen molar-refractivity contribution in [1.82, 2.24) is 0 Å². The first kappa shape index (κ1) is 21.9. The predicted molar refractivity (Wildman–Crippen MR) is 123 cm³/mol. The molecular weight excluding hydrogens is 370 g/mol. The molecule has 0 fully saturated rings. The van der Waals surface area contributed by atoms with Gasteiger partial charge in [0.15, 0.2) is 0 Å². The zero-order valence-corrected chi connectivity index (χ0v) is 18.5. The molecule has 3 rings (SSSR count). The molecule has 3 aromatic rings. The van der Waals surface area contributed by atoms with Crippen molar-refractivity contribution in [3.8, 4) is 11.5 Å². The van der Waals surface area contributed by atoms with Crippen LogP contribution in [0.3, 0.4) is 0 Å². The fourth-order valence-corrected chi connectivity index (χ4v) is 3.82. The summed E-state index contributed by atoms with van der Waals surface area (Å²) in [6.45, 7) is 7.43. The summed E-state index contributed by atoms with van der Waals surface area (Å²) in [7, 11) is 1.70. The number of ether oxygens (including phenoxy) is 2. The first-order chi connectivity index (χ1) is 14.6. The van der Waals surface area contributed by atoms with Crippen molar-refractivity contribution in [2.75, 3.05) is 13.7 Å². The second-order valence-electron chi connectivity index (χ2n) is 8.07. The van der Waals surface area contributed by atoms with Crippen LogP contribution < -0.4 is 14.8 Å². The van der Waals surface area contributed by atoms with E-state index in [-0.39, 0.29) is 6.10 Å². The first-order valence-electron chi connectivity index (χ1n) is 10.9. The average molecular weight is 405 g/mol. The van der Waals surface area contributed by atoms with Crippen molar-refractivity contribution in [1.29, 1.82) is 0 Å². The third-order valence-electron chi connectivity index (χ3n) is 5.47. The van der Waals surface area contributed by atoms with Crippen LogP contribution in [0.25, 0.3) is 0 Å². The minimum atomic E-state index is 0.190. The molecule has 0 aliphatic rings. The van der Waals surface area contributed by atoms with Crippen molar-refractivity contribution >= 4 is 0 Å². The summed E-state index contributed by atoms with van der Waals surface area (Å²) in [5, 5.41) is 2.42. The molecule has 0 bridgehead atoms. The van der Waals surface area contributed by atoms with E-state index in [0.29, 0.717) is 12.0 Å². The van der Waals surface area contributed by atoms with Crippen LogP contribution in [0.1, 0.15) is 55.8 Å². The van der Waals surface area contributed by atoms with Gasteiger partial charge in [-0.1, -0.05) is 42.5 Å². The Bertz CT molecular complexity index is 873. The van der Waals surface area contributed by atoms with E-state index in [1.54, 1.807) is 7.11 Å². The monoisotopic (exact) mass is 404 g/mol. The van der Waals surface area contributed by atoms with Gasteiger partial charge in [-0.25, -0.2) is 0 Å². The van der Waals surface area contributed by atoms with Crippen LogP contribution >= 0.6 is 0 Å². The third kappa shape index (κ3) is 6.11. The first-order valence-corrected chi connectivity index (χ1v) is 10.9. The molecule has 0 spiro atoms. The molecule has 0 amide bonds. The number of benzene rings is 3. The van der Waals surface area contributed by atoms with E-state index in [1.807, 2.05) is 12.1 Å². The SMILES string of the molecule is COc1ccc([C@@H](C)[NH2+]CC[C@H](c2ccccc2)c2ccc(OC(C)C)cc2)cc1. The Morgan fingerprint density at radius 3 is 1.87 bits per heavy atom. The standard InChI is InChI=1S/C27H33NO2/c1-20(2)30-26-16-12-24(13-17-26)27(23-8-6-5-7-9-23)18-19-28-21(3)22-10-14-25(29-4)15-11-22/h5-17,20-21,27-28H,18-19H2,1-4H3/p+1/t21-,27-/m1/s1. The van der Waals surface area contributed by atoms with E-state index in [9.17, 15) is 0 Å². The van der Waals surface area contributed by atoms with Gasteiger partial charge < -0.3 is 14.8 Å². The second kappa shape index (κ2) is 10.8. The minimum Gasteiger partial charge on any atom is -0.497 e. The van der Waals surface area contributed by atoms with Crippen molar-refractivity contribution in [3.63, 3.8) is 0 Å². The minimum absolute atomic E-state index is 0.190. The summed E-state index contributed by atoms with van der Waals surface area (Å²) in [5.41, 5.74) is 4.02. The van der Waals surface area contributed by atoms with Crippen molar-refractivity contribution in [3.05, 3.63) is 95.6 Å². The van der Waals surface area contributed by atoms with Crippen molar-refractivity contribution in [2.24, 2.45) is 0 Å². The van der Waals surface area contributed by atoms with Crippen molar-refractivity contribution in [2.45, 2.75) is 45.3 Å². The lowest BCUT2D eigenvalue weighted by Crippen LogP contribution is -2.84. The summed E-state index contributed by atoms with van der Waals surface area (Å²) in [4.78, 5) is 0. The molecule has 0 aliphatic carbocycles. The Hall–Kier alpha value is -2.78. The molecule has 3 heteroatoms. The van der Waals surface area contributed by atoms with Crippen LogP contribution in [0.2, 0.25) is 0 Å². The highest BCUT2D eigenvalue weighted by molar-refractivity contribution is 5.36. The maximum Gasteiger partial charge on any atom is 0.119 e. The fraction of sp³-hybridized carbons (Fsp3) is 0.333. The summed E-state index contributed by atoms with van der Waals surface area (Å²) in [6, 6.07) is 28.2. The summed E-state index contributed by atoms with van der Waals surface area (Å²) in [6.07, 6.45) is 1.27. The number of rotatable bonds is 10. The van der Waals surface area contributed by atoms with Crippen LogP contribution in [-0.4, -0.2) is 19.8 Å². The number of hydrogen-bond donors (Lipinski definition) is 1. The van der Waals surface area contributed by atoms with E-state index in [0.717, 1.165) is 24.5 Å². The van der Waals surface area contributed by atoms with Gasteiger partial charge >= 0.3 is 0 Å². The Morgan fingerprint density at radius 1 is 0.700 bits per heavy atom. The smallest absolute Gasteiger partial charge is 0.119 e. The van der Waals surface area contributed by atoms with Gasteiger partial charge in [-0.15, -0.1) is 0 Å². The normalized spacial score (nSPS) is 13.1. The zero-order valence-electron chi connectivity index (χ0n) is 18.5. The molecule has 0 unspecified atom stereocenters. The maximum atomic E-state index is 5.82. The van der Waals surface area contributed by atoms with Gasteiger partial charge in [0, 0.05) is 17.9 Å². The van der Waals surface area contributed by atoms with Crippen LogP contribution in [0, 0.1) is 0 Å². The molecule has 0 saturated carbocycles. The molecule has 158 valence electrons. The second-order valence-corrected chi connectivity index (χ2v) is 8.07. The van der Waals surface area contributed by atoms with Crippen LogP contribution in [0.5, 0.6) is 11.5 Å². The average Bonchev–Trinajstić information content (AvgIpc) is 2.77. The topological polar surface area (TPSA) is 35.1 Å². The highest BCUT2D eigenvalue weighted by Gasteiger charge is 2.17. The van der Waals surface area contributed by atoms with E-state index in [4.69, 9.17) is 9.47 Å².